The second-order valence-electron chi connectivity index (χ2n) is 5.82. The van der Waals surface area contributed by atoms with Crippen molar-refractivity contribution in [2.45, 2.75) is 50.0 Å². The molecule has 5 heteroatoms. The van der Waals surface area contributed by atoms with E-state index in [-0.39, 0.29) is 18.4 Å². The fraction of sp³-hybridized carbons (Fsp3) is 0.625. The zero-order chi connectivity index (χ0) is 15.3. The molecule has 2 rings (SSSR count). The average Bonchev–Trinajstić information content (AvgIpc) is 2.48. The van der Waals surface area contributed by atoms with Crippen molar-refractivity contribution in [3.63, 3.8) is 0 Å². The van der Waals surface area contributed by atoms with Gasteiger partial charge in [-0.05, 0) is 43.5 Å². The van der Waals surface area contributed by atoms with Crippen LogP contribution in [0.2, 0.25) is 0 Å². The average molecular weight is 311 g/mol. The Kier molecular flexibility index (Phi) is 5.65. The van der Waals surface area contributed by atoms with E-state index in [4.69, 9.17) is 0 Å². The van der Waals surface area contributed by atoms with Crippen molar-refractivity contribution < 1.29 is 13.5 Å². The summed E-state index contributed by atoms with van der Waals surface area (Å²) >= 11 is 0. The van der Waals surface area contributed by atoms with E-state index < -0.39 is 9.84 Å². The SMILES string of the molecule is CCCS(=O)(=O)c1ccc(NC2CCCCC2CO)cc1. The Balaban J connectivity index is 2.05. The van der Waals surface area contributed by atoms with Gasteiger partial charge in [0.2, 0.25) is 0 Å². The third-order valence-electron chi connectivity index (χ3n) is 4.18. The summed E-state index contributed by atoms with van der Waals surface area (Å²) < 4.78 is 24.0. The molecule has 2 atom stereocenters. The van der Waals surface area contributed by atoms with Crippen LogP contribution in [0.3, 0.4) is 0 Å². The van der Waals surface area contributed by atoms with E-state index in [9.17, 15) is 13.5 Å². The smallest absolute Gasteiger partial charge is 0.178 e. The monoisotopic (exact) mass is 311 g/mol. The van der Waals surface area contributed by atoms with E-state index in [2.05, 4.69) is 5.32 Å². The van der Waals surface area contributed by atoms with E-state index in [0.717, 1.165) is 18.5 Å². The van der Waals surface area contributed by atoms with Gasteiger partial charge in [0.15, 0.2) is 9.84 Å². The Morgan fingerprint density at radius 3 is 2.48 bits per heavy atom. The molecular weight excluding hydrogens is 286 g/mol. The van der Waals surface area contributed by atoms with Crippen molar-refractivity contribution >= 4 is 15.5 Å². The van der Waals surface area contributed by atoms with Crippen molar-refractivity contribution in [1.82, 2.24) is 0 Å². The number of sulfone groups is 1. The molecule has 21 heavy (non-hydrogen) atoms. The molecule has 1 aromatic carbocycles. The summed E-state index contributed by atoms with van der Waals surface area (Å²) in [6.07, 6.45) is 5.09. The van der Waals surface area contributed by atoms with Crippen molar-refractivity contribution in [1.29, 1.82) is 0 Å². The van der Waals surface area contributed by atoms with Crippen molar-refractivity contribution in [3.05, 3.63) is 24.3 Å². The maximum atomic E-state index is 12.0. The van der Waals surface area contributed by atoms with Gasteiger partial charge in [0, 0.05) is 24.3 Å². The van der Waals surface area contributed by atoms with Crippen molar-refractivity contribution in [3.8, 4) is 0 Å². The van der Waals surface area contributed by atoms with Crippen LogP contribution in [0.25, 0.3) is 0 Å². The molecule has 0 heterocycles. The molecule has 4 nitrogen and oxygen atoms in total. The van der Waals surface area contributed by atoms with Crippen LogP contribution < -0.4 is 5.32 Å². The van der Waals surface area contributed by atoms with Gasteiger partial charge in [0.25, 0.3) is 0 Å². The molecule has 1 aromatic rings. The first-order chi connectivity index (χ1) is 10.1. The summed E-state index contributed by atoms with van der Waals surface area (Å²) in [4.78, 5) is 0.386. The Labute approximate surface area is 127 Å². The number of nitrogens with one attached hydrogen (secondary N) is 1. The standard InChI is InChI=1S/C16H25NO3S/c1-2-11-21(19,20)15-9-7-14(8-10-15)17-16-6-4-3-5-13(16)12-18/h7-10,13,16-18H,2-6,11-12H2,1H3. The predicted molar refractivity (Wildman–Crippen MR) is 85.2 cm³/mol. The van der Waals surface area contributed by atoms with Crippen LogP contribution >= 0.6 is 0 Å². The molecule has 0 bridgehead atoms. The fourth-order valence-corrected chi connectivity index (χ4v) is 4.30. The van der Waals surface area contributed by atoms with Crippen LogP contribution in [0.15, 0.2) is 29.2 Å². The summed E-state index contributed by atoms with van der Waals surface area (Å²) in [5.41, 5.74) is 0.927. The Morgan fingerprint density at radius 1 is 1.19 bits per heavy atom. The highest BCUT2D eigenvalue weighted by Crippen LogP contribution is 2.27. The third-order valence-corrected chi connectivity index (χ3v) is 6.12. The van der Waals surface area contributed by atoms with Gasteiger partial charge in [-0.3, -0.25) is 0 Å². The summed E-state index contributed by atoms with van der Waals surface area (Å²) in [5.74, 6) is 0.483. The second kappa shape index (κ2) is 7.27. The van der Waals surface area contributed by atoms with E-state index in [1.54, 1.807) is 12.1 Å². The van der Waals surface area contributed by atoms with Gasteiger partial charge in [0.1, 0.15) is 0 Å². The third kappa shape index (κ3) is 4.20. The minimum absolute atomic E-state index is 0.189. The number of aliphatic hydroxyl groups excluding tert-OH is 1. The molecule has 0 radical (unpaired) electrons. The highest BCUT2D eigenvalue weighted by atomic mass is 32.2. The molecule has 1 aliphatic carbocycles. The molecule has 1 saturated carbocycles. The summed E-state index contributed by atoms with van der Waals surface area (Å²) in [5, 5.41) is 12.9. The topological polar surface area (TPSA) is 66.4 Å². The predicted octanol–water partition coefficient (Wildman–Crippen LogP) is 2.83. The molecule has 0 spiro atoms. The van der Waals surface area contributed by atoms with Gasteiger partial charge >= 0.3 is 0 Å². The van der Waals surface area contributed by atoms with Crippen molar-refractivity contribution in [2.75, 3.05) is 17.7 Å². The van der Waals surface area contributed by atoms with Crippen molar-refractivity contribution in [2.24, 2.45) is 5.92 Å². The quantitative estimate of drug-likeness (QED) is 0.848. The maximum Gasteiger partial charge on any atom is 0.178 e. The number of anilines is 1. The van der Waals surface area contributed by atoms with Crippen LogP contribution in [0.4, 0.5) is 5.69 Å². The lowest BCUT2D eigenvalue weighted by atomic mass is 9.85. The van der Waals surface area contributed by atoms with E-state index in [0.29, 0.717) is 17.2 Å². The first-order valence-electron chi connectivity index (χ1n) is 7.77. The number of hydrogen-bond donors (Lipinski definition) is 2. The van der Waals surface area contributed by atoms with E-state index in [1.165, 1.54) is 12.8 Å². The highest BCUT2D eigenvalue weighted by Gasteiger charge is 2.24. The fourth-order valence-electron chi connectivity index (χ4n) is 2.98. The van der Waals surface area contributed by atoms with Gasteiger partial charge in [0.05, 0.1) is 10.6 Å². The second-order valence-corrected chi connectivity index (χ2v) is 7.93. The molecular formula is C16H25NO3S. The van der Waals surface area contributed by atoms with Crippen LogP contribution in [0, 0.1) is 5.92 Å². The molecule has 2 unspecified atom stereocenters. The largest absolute Gasteiger partial charge is 0.396 e. The molecule has 0 amide bonds. The van der Waals surface area contributed by atoms with Crippen LogP contribution in [-0.2, 0) is 9.84 Å². The minimum Gasteiger partial charge on any atom is -0.396 e. The van der Waals surface area contributed by atoms with Crippen LogP contribution in [-0.4, -0.2) is 31.9 Å². The van der Waals surface area contributed by atoms with E-state index in [1.807, 2.05) is 19.1 Å². The molecule has 0 aromatic heterocycles. The zero-order valence-corrected chi connectivity index (χ0v) is 13.4. The maximum absolute atomic E-state index is 12.0. The summed E-state index contributed by atoms with van der Waals surface area (Å²) in [7, 11) is -3.14. The zero-order valence-electron chi connectivity index (χ0n) is 12.6. The molecule has 0 aliphatic heterocycles. The van der Waals surface area contributed by atoms with Gasteiger partial charge in [-0.25, -0.2) is 8.42 Å². The van der Waals surface area contributed by atoms with Crippen LogP contribution in [0.1, 0.15) is 39.0 Å². The minimum atomic E-state index is -3.14. The molecule has 0 saturated heterocycles. The lowest BCUT2D eigenvalue weighted by Crippen LogP contribution is -2.34. The Bertz CT molecular complexity index is 539. The summed E-state index contributed by atoms with van der Waals surface area (Å²) in [6, 6.07) is 7.27. The normalized spacial score (nSPS) is 23.0. The highest BCUT2D eigenvalue weighted by molar-refractivity contribution is 7.91. The van der Waals surface area contributed by atoms with Crippen LogP contribution in [0.5, 0.6) is 0 Å². The summed E-state index contributed by atoms with van der Waals surface area (Å²) in [6.45, 7) is 2.08. The van der Waals surface area contributed by atoms with Gasteiger partial charge in [-0.1, -0.05) is 19.8 Å². The lowest BCUT2D eigenvalue weighted by molar-refractivity contribution is 0.178. The van der Waals surface area contributed by atoms with Gasteiger partial charge < -0.3 is 10.4 Å². The molecule has 2 N–H and O–H groups in total. The van der Waals surface area contributed by atoms with Gasteiger partial charge in [-0.15, -0.1) is 0 Å². The van der Waals surface area contributed by atoms with E-state index >= 15 is 0 Å². The molecule has 1 fully saturated rings. The Morgan fingerprint density at radius 2 is 1.86 bits per heavy atom. The number of rotatable bonds is 6. The molecule has 118 valence electrons. The first kappa shape index (κ1) is 16.3. The lowest BCUT2D eigenvalue weighted by Gasteiger charge is -2.31. The number of hydrogen-bond acceptors (Lipinski definition) is 4. The Hall–Kier alpha value is -1.07. The number of aliphatic hydroxyl groups is 1. The molecule has 1 aliphatic rings. The van der Waals surface area contributed by atoms with Gasteiger partial charge in [-0.2, -0.15) is 0 Å². The first-order valence-corrected chi connectivity index (χ1v) is 9.42. The number of benzene rings is 1.